The maximum atomic E-state index is 13.3. The van der Waals surface area contributed by atoms with Crippen LogP contribution < -0.4 is 14.9 Å². The molecule has 0 spiro atoms. The van der Waals surface area contributed by atoms with Crippen LogP contribution in [-0.2, 0) is 9.53 Å². The highest BCUT2D eigenvalue weighted by Crippen LogP contribution is 2.32. The Bertz CT molecular complexity index is 1410. The highest BCUT2D eigenvalue weighted by molar-refractivity contribution is 7.07. The van der Waals surface area contributed by atoms with E-state index in [1.807, 2.05) is 0 Å². The summed E-state index contributed by atoms with van der Waals surface area (Å²) in [6, 6.07) is 10.3. The van der Waals surface area contributed by atoms with Gasteiger partial charge in [-0.25, -0.2) is 9.79 Å². The molecule has 10 heteroatoms. The fourth-order valence-electron chi connectivity index (χ4n) is 3.41. The zero-order valence-electron chi connectivity index (χ0n) is 16.5. The summed E-state index contributed by atoms with van der Waals surface area (Å²) in [6.07, 6.45) is 3.26. The van der Waals surface area contributed by atoms with E-state index in [4.69, 9.17) is 4.74 Å². The molecule has 0 saturated heterocycles. The molecule has 1 atom stereocenters. The van der Waals surface area contributed by atoms with Gasteiger partial charge in [0.05, 0.1) is 39.6 Å². The van der Waals surface area contributed by atoms with Crippen LogP contribution in [0.3, 0.4) is 0 Å². The second kappa shape index (κ2) is 8.07. The lowest BCUT2D eigenvalue weighted by Gasteiger charge is -2.24. The number of ether oxygens (including phenoxy) is 1. The molecule has 1 unspecified atom stereocenters. The van der Waals surface area contributed by atoms with E-state index >= 15 is 0 Å². The van der Waals surface area contributed by atoms with Gasteiger partial charge in [0, 0.05) is 18.3 Å². The van der Waals surface area contributed by atoms with Crippen molar-refractivity contribution in [3.8, 4) is 0 Å². The predicted molar refractivity (Wildman–Crippen MR) is 113 cm³/mol. The number of carbonyl (C=O) groups excluding carboxylic acids is 1. The van der Waals surface area contributed by atoms with E-state index < -0.39 is 16.9 Å². The van der Waals surface area contributed by atoms with Crippen molar-refractivity contribution in [1.82, 2.24) is 9.55 Å². The van der Waals surface area contributed by atoms with E-state index in [9.17, 15) is 19.7 Å². The minimum atomic E-state index is -0.908. The molecule has 9 nitrogen and oxygen atoms in total. The van der Waals surface area contributed by atoms with Gasteiger partial charge >= 0.3 is 5.97 Å². The first kappa shape index (κ1) is 20.4. The van der Waals surface area contributed by atoms with Crippen LogP contribution in [-0.4, -0.2) is 27.6 Å². The zero-order valence-corrected chi connectivity index (χ0v) is 17.3. The molecule has 31 heavy (non-hydrogen) atoms. The number of allylic oxidation sites excluding steroid dienone is 1. The van der Waals surface area contributed by atoms with Crippen molar-refractivity contribution in [3.05, 3.63) is 101 Å². The number of aromatic nitrogens is 2. The molecule has 1 aliphatic heterocycles. The molecule has 0 N–H and O–H groups in total. The molecule has 156 valence electrons. The fraction of sp³-hybridized carbons (Fsp3) is 0.143. The SMILES string of the molecule is COC(=O)C1=C(C)N=c2s/c(=C\c3ccccn3)c(=O)n2C1c1cccc([N+](=O)[O-])c1. The molecule has 0 saturated carbocycles. The van der Waals surface area contributed by atoms with E-state index in [2.05, 4.69) is 9.98 Å². The molecular weight excluding hydrogens is 420 g/mol. The highest BCUT2D eigenvalue weighted by atomic mass is 32.1. The first-order valence-electron chi connectivity index (χ1n) is 9.17. The standard InChI is InChI=1S/C21H16N4O5S/c1-12-17(20(27)30-2)18(13-6-5-8-15(10-13)25(28)29)24-19(26)16(31-21(24)23-12)11-14-7-3-4-9-22-14/h3-11,18H,1-2H3/b16-11-. The molecule has 0 aliphatic carbocycles. The molecule has 1 aromatic carbocycles. The van der Waals surface area contributed by atoms with Gasteiger partial charge in [-0.15, -0.1) is 0 Å². The molecule has 0 fully saturated rings. The van der Waals surface area contributed by atoms with Gasteiger partial charge in [-0.2, -0.15) is 0 Å². The minimum absolute atomic E-state index is 0.146. The molecule has 1 aliphatic rings. The summed E-state index contributed by atoms with van der Waals surface area (Å²) in [7, 11) is 1.24. The molecule has 0 amide bonds. The maximum Gasteiger partial charge on any atom is 0.338 e. The van der Waals surface area contributed by atoms with E-state index in [0.29, 0.717) is 26.3 Å². The van der Waals surface area contributed by atoms with Crippen LogP contribution in [0.25, 0.3) is 6.08 Å². The highest BCUT2D eigenvalue weighted by Gasteiger charge is 2.33. The first-order valence-corrected chi connectivity index (χ1v) is 9.98. The normalized spacial score (nSPS) is 15.9. The lowest BCUT2D eigenvalue weighted by Crippen LogP contribution is -2.39. The topological polar surface area (TPSA) is 117 Å². The van der Waals surface area contributed by atoms with Crippen LogP contribution in [0.5, 0.6) is 0 Å². The summed E-state index contributed by atoms with van der Waals surface area (Å²) in [4.78, 5) is 45.7. The average molecular weight is 436 g/mol. The molecule has 3 heterocycles. The number of methoxy groups -OCH3 is 1. The van der Waals surface area contributed by atoms with Crippen LogP contribution in [0.4, 0.5) is 5.69 Å². The summed E-state index contributed by atoms with van der Waals surface area (Å²) < 4.78 is 6.68. The van der Waals surface area contributed by atoms with Crippen molar-refractivity contribution in [2.45, 2.75) is 13.0 Å². The van der Waals surface area contributed by atoms with Gasteiger partial charge in [0.25, 0.3) is 11.2 Å². The van der Waals surface area contributed by atoms with Crippen molar-refractivity contribution in [2.75, 3.05) is 7.11 Å². The first-order chi connectivity index (χ1) is 14.9. The number of benzene rings is 1. The Morgan fingerprint density at radius 2 is 2.10 bits per heavy atom. The average Bonchev–Trinajstić information content (AvgIpc) is 3.07. The van der Waals surface area contributed by atoms with Crippen molar-refractivity contribution >= 4 is 29.1 Å². The van der Waals surface area contributed by atoms with E-state index in [0.717, 1.165) is 11.3 Å². The van der Waals surface area contributed by atoms with E-state index in [1.54, 1.807) is 43.5 Å². The van der Waals surface area contributed by atoms with Crippen molar-refractivity contribution in [2.24, 2.45) is 4.99 Å². The lowest BCUT2D eigenvalue weighted by molar-refractivity contribution is -0.384. The quantitative estimate of drug-likeness (QED) is 0.349. The predicted octanol–water partition coefficient (Wildman–Crippen LogP) is 1.71. The van der Waals surface area contributed by atoms with Crippen molar-refractivity contribution < 1.29 is 14.5 Å². The third-order valence-corrected chi connectivity index (χ3v) is 5.77. The Morgan fingerprint density at radius 1 is 1.29 bits per heavy atom. The summed E-state index contributed by atoms with van der Waals surface area (Å²) in [6.45, 7) is 1.65. The Kier molecular flexibility index (Phi) is 5.30. The smallest absolute Gasteiger partial charge is 0.338 e. The molecule has 4 rings (SSSR count). The maximum absolute atomic E-state index is 13.3. The van der Waals surface area contributed by atoms with Crippen molar-refractivity contribution in [3.63, 3.8) is 0 Å². The summed E-state index contributed by atoms with van der Waals surface area (Å²) >= 11 is 1.16. The van der Waals surface area contributed by atoms with E-state index in [-0.39, 0.29) is 16.8 Å². The number of hydrogen-bond acceptors (Lipinski definition) is 8. The molecular formula is C21H16N4O5S. The number of carbonyl (C=O) groups is 1. The minimum Gasteiger partial charge on any atom is -0.466 e. The number of esters is 1. The number of thiazole rings is 1. The largest absolute Gasteiger partial charge is 0.466 e. The number of hydrogen-bond donors (Lipinski definition) is 0. The third-order valence-electron chi connectivity index (χ3n) is 4.79. The second-order valence-corrected chi connectivity index (χ2v) is 7.69. The number of fused-ring (bicyclic) bond motifs is 1. The van der Waals surface area contributed by atoms with Crippen LogP contribution in [0.15, 0.2) is 69.7 Å². The van der Waals surface area contributed by atoms with Gasteiger partial charge in [0.15, 0.2) is 4.80 Å². The van der Waals surface area contributed by atoms with Crippen LogP contribution >= 0.6 is 11.3 Å². The van der Waals surface area contributed by atoms with Crippen LogP contribution in [0.2, 0.25) is 0 Å². The fourth-order valence-corrected chi connectivity index (χ4v) is 4.44. The summed E-state index contributed by atoms with van der Waals surface area (Å²) in [5, 5.41) is 11.3. The summed E-state index contributed by atoms with van der Waals surface area (Å²) in [5.41, 5.74) is 1.03. The number of nitro benzene ring substituents is 1. The monoisotopic (exact) mass is 436 g/mol. The van der Waals surface area contributed by atoms with Gasteiger partial charge in [-0.05, 0) is 30.7 Å². The molecule has 0 radical (unpaired) electrons. The summed E-state index contributed by atoms with van der Waals surface area (Å²) in [5.74, 6) is -0.656. The van der Waals surface area contributed by atoms with Gasteiger partial charge in [0.2, 0.25) is 0 Å². The lowest BCUT2D eigenvalue weighted by atomic mass is 9.95. The number of non-ortho nitro benzene ring substituents is 1. The molecule has 0 bridgehead atoms. The van der Waals surface area contributed by atoms with Gasteiger partial charge in [-0.3, -0.25) is 24.5 Å². The molecule has 2 aromatic heterocycles. The van der Waals surface area contributed by atoms with Gasteiger partial charge in [0.1, 0.15) is 0 Å². The van der Waals surface area contributed by atoms with Crippen LogP contribution in [0, 0.1) is 10.1 Å². The Hall–Kier alpha value is -3.92. The van der Waals surface area contributed by atoms with E-state index in [1.165, 1.54) is 29.9 Å². The van der Waals surface area contributed by atoms with Crippen LogP contribution in [0.1, 0.15) is 24.2 Å². The zero-order chi connectivity index (χ0) is 22.1. The molecule has 3 aromatic rings. The number of nitro groups is 1. The van der Waals surface area contributed by atoms with Gasteiger partial charge < -0.3 is 4.74 Å². The number of nitrogens with zero attached hydrogens (tertiary/aromatic N) is 4. The number of rotatable bonds is 4. The van der Waals surface area contributed by atoms with Gasteiger partial charge in [-0.1, -0.05) is 29.5 Å². The second-order valence-electron chi connectivity index (χ2n) is 6.68. The Morgan fingerprint density at radius 3 is 2.77 bits per heavy atom. The number of pyridine rings is 1. The van der Waals surface area contributed by atoms with Crippen molar-refractivity contribution in [1.29, 1.82) is 0 Å². The Balaban J connectivity index is 2.00. The Labute approximate surface area is 179 Å². The third kappa shape index (κ3) is 3.68.